The minimum Gasteiger partial charge on any atom is -0.350 e. The van der Waals surface area contributed by atoms with Crippen LogP contribution < -0.4 is 5.32 Å². The number of amides is 1. The third-order valence-electron chi connectivity index (χ3n) is 3.55. The molecule has 1 atom stereocenters. The second-order valence-electron chi connectivity index (χ2n) is 5.49. The molecule has 1 heterocycles. The molecule has 0 bridgehead atoms. The van der Waals surface area contributed by atoms with Gasteiger partial charge in [0.1, 0.15) is 0 Å². The number of nitrogens with zero attached hydrogens (tertiary/aromatic N) is 1. The average molecular weight is 332 g/mol. The Kier molecular flexibility index (Phi) is 5.50. The number of aryl methyl sites for hydroxylation is 1. The number of sulfone groups is 1. The molecule has 0 unspecified atom stereocenters. The van der Waals surface area contributed by atoms with Gasteiger partial charge >= 0.3 is 0 Å². The van der Waals surface area contributed by atoms with Crippen LogP contribution in [0, 0.1) is 0 Å². The molecule has 1 aromatic heterocycles. The molecule has 1 aromatic carbocycles. The summed E-state index contributed by atoms with van der Waals surface area (Å²) in [5.74, 6) is -0.0476. The normalized spacial score (nSPS) is 12.6. The van der Waals surface area contributed by atoms with E-state index in [1.807, 2.05) is 19.1 Å². The summed E-state index contributed by atoms with van der Waals surface area (Å²) in [6.45, 7) is 1.87. The molecule has 23 heavy (non-hydrogen) atoms. The van der Waals surface area contributed by atoms with E-state index in [1.165, 1.54) is 6.26 Å². The molecule has 2 rings (SSSR count). The molecule has 0 radical (unpaired) electrons. The molecule has 5 nitrogen and oxygen atoms in total. The van der Waals surface area contributed by atoms with Gasteiger partial charge in [0.15, 0.2) is 9.84 Å². The van der Waals surface area contributed by atoms with Crippen molar-refractivity contribution in [2.45, 2.75) is 30.7 Å². The minimum atomic E-state index is -3.20. The van der Waals surface area contributed by atoms with Crippen molar-refractivity contribution in [2.24, 2.45) is 0 Å². The molecule has 2 aromatic rings. The highest BCUT2D eigenvalue weighted by Gasteiger charge is 2.12. The van der Waals surface area contributed by atoms with Gasteiger partial charge < -0.3 is 5.32 Å². The number of carbonyl (C=O) groups excluding carboxylic acids is 1. The first-order valence-corrected chi connectivity index (χ1v) is 9.23. The van der Waals surface area contributed by atoms with Crippen LogP contribution in [0.4, 0.5) is 0 Å². The summed E-state index contributed by atoms with van der Waals surface area (Å²) in [6, 6.07) is 10.2. The lowest BCUT2D eigenvalue weighted by Gasteiger charge is -2.14. The monoisotopic (exact) mass is 332 g/mol. The van der Waals surface area contributed by atoms with Crippen LogP contribution in [0.1, 0.15) is 30.5 Å². The summed E-state index contributed by atoms with van der Waals surface area (Å²) in [5.41, 5.74) is 1.89. The predicted octanol–water partition coefficient (Wildman–Crippen LogP) is 2.30. The largest absolute Gasteiger partial charge is 0.350 e. The second-order valence-corrected chi connectivity index (χ2v) is 7.51. The summed E-state index contributed by atoms with van der Waals surface area (Å²) in [5, 5.41) is 2.92. The first kappa shape index (κ1) is 17.1. The molecule has 0 fully saturated rings. The molecular weight excluding hydrogens is 312 g/mol. The van der Waals surface area contributed by atoms with E-state index < -0.39 is 9.84 Å². The molecule has 6 heteroatoms. The third-order valence-corrected chi connectivity index (χ3v) is 4.68. The summed E-state index contributed by atoms with van der Waals surface area (Å²) in [7, 11) is -3.20. The van der Waals surface area contributed by atoms with Crippen molar-refractivity contribution >= 4 is 15.7 Å². The lowest BCUT2D eigenvalue weighted by molar-refractivity contribution is -0.121. The first-order valence-electron chi connectivity index (χ1n) is 7.34. The third kappa shape index (κ3) is 5.17. The Hall–Kier alpha value is -2.21. The van der Waals surface area contributed by atoms with Gasteiger partial charge in [0.25, 0.3) is 0 Å². The molecule has 0 aliphatic heterocycles. The van der Waals surface area contributed by atoms with Crippen LogP contribution in [-0.2, 0) is 21.1 Å². The quantitative estimate of drug-likeness (QED) is 0.880. The Morgan fingerprint density at radius 3 is 2.48 bits per heavy atom. The van der Waals surface area contributed by atoms with Crippen LogP contribution in [0.3, 0.4) is 0 Å². The Labute approximate surface area is 136 Å². The van der Waals surface area contributed by atoms with Crippen molar-refractivity contribution in [3.63, 3.8) is 0 Å². The van der Waals surface area contributed by atoms with Crippen molar-refractivity contribution in [1.29, 1.82) is 0 Å². The van der Waals surface area contributed by atoms with Gasteiger partial charge in [-0.05, 0) is 42.7 Å². The number of benzene rings is 1. The van der Waals surface area contributed by atoms with Gasteiger partial charge in [-0.25, -0.2) is 8.42 Å². The number of hydrogen-bond donors (Lipinski definition) is 1. The number of carbonyl (C=O) groups is 1. The molecular formula is C17H20N2O3S. The van der Waals surface area contributed by atoms with Crippen molar-refractivity contribution < 1.29 is 13.2 Å². The van der Waals surface area contributed by atoms with E-state index in [4.69, 9.17) is 0 Å². The molecule has 0 saturated heterocycles. The Bertz CT molecular complexity index is 756. The maximum absolute atomic E-state index is 12.0. The number of aromatic nitrogens is 1. The van der Waals surface area contributed by atoms with Gasteiger partial charge in [-0.2, -0.15) is 0 Å². The van der Waals surface area contributed by atoms with E-state index in [-0.39, 0.29) is 16.8 Å². The smallest absolute Gasteiger partial charge is 0.220 e. The molecule has 0 aliphatic carbocycles. The van der Waals surface area contributed by atoms with Gasteiger partial charge in [0.2, 0.25) is 5.91 Å². The zero-order valence-electron chi connectivity index (χ0n) is 13.2. The number of pyridine rings is 1. The molecule has 0 spiro atoms. The van der Waals surface area contributed by atoms with Crippen molar-refractivity contribution in [3.05, 3.63) is 59.9 Å². The summed E-state index contributed by atoms with van der Waals surface area (Å²) >= 11 is 0. The molecule has 1 N–H and O–H groups in total. The highest BCUT2D eigenvalue weighted by molar-refractivity contribution is 7.90. The fourth-order valence-corrected chi connectivity index (χ4v) is 2.84. The zero-order valence-corrected chi connectivity index (χ0v) is 14.0. The molecule has 1 amide bonds. The second kappa shape index (κ2) is 7.37. The SMILES string of the molecule is C[C@H](NC(=O)CCc1cccnc1)c1ccc(S(C)(=O)=O)cc1. The van der Waals surface area contributed by atoms with Crippen LogP contribution in [0.25, 0.3) is 0 Å². The van der Waals surface area contributed by atoms with E-state index in [0.29, 0.717) is 12.8 Å². The summed E-state index contributed by atoms with van der Waals surface area (Å²) in [4.78, 5) is 16.3. The topological polar surface area (TPSA) is 76.1 Å². The summed E-state index contributed by atoms with van der Waals surface area (Å²) < 4.78 is 22.9. The number of rotatable bonds is 6. The van der Waals surface area contributed by atoms with Crippen molar-refractivity contribution in [3.8, 4) is 0 Å². The standard InChI is InChI=1S/C17H20N2O3S/c1-13(15-6-8-16(9-7-15)23(2,21)22)19-17(20)10-5-14-4-3-11-18-12-14/h3-4,6-9,11-13H,5,10H2,1-2H3,(H,19,20)/t13-/m0/s1. The predicted molar refractivity (Wildman–Crippen MR) is 88.7 cm³/mol. The van der Waals surface area contributed by atoms with E-state index >= 15 is 0 Å². The van der Waals surface area contributed by atoms with E-state index in [0.717, 1.165) is 11.1 Å². The van der Waals surface area contributed by atoms with E-state index in [1.54, 1.807) is 36.7 Å². The Balaban J connectivity index is 1.90. The van der Waals surface area contributed by atoms with E-state index in [2.05, 4.69) is 10.3 Å². The van der Waals surface area contributed by atoms with Gasteiger partial charge in [-0.15, -0.1) is 0 Å². The average Bonchev–Trinajstić information content (AvgIpc) is 2.53. The molecule has 122 valence electrons. The van der Waals surface area contributed by atoms with Crippen LogP contribution in [-0.4, -0.2) is 25.6 Å². The van der Waals surface area contributed by atoms with Gasteiger partial charge in [-0.3, -0.25) is 9.78 Å². The van der Waals surface area contributed by atoms with Crippen molar-refractivity contribution in [1.82, 2.24) is 10.3 Å². The van der Waals surface area contributed by atoms with Crippen LogP contribution in [0.5, 0.6) is 0 Å². The highest BCUT2D eigenvalue weighted by Crippen LogP contribution is 2.16. The van der Waals surface area contributed by atoms with Gasteiger partial charge in [-0.1, -0.05) is 18.2 Å². The van der Waals surface area contributed by atoms with Crippen LogP contribution in [0.15, 0.2) is 53.7 Å². The Morgan fingerprint density at radius 2 is 1.91 bits per heavy atom. The fraction of sp³-hybridized carbons (Fsp3) is 0.294. The van der Waals surface area contributed by atoms with Crippen LogP contribution >= 0.6 is 0 Å². The molecule has 0 saturated carbocycles. The number of hydrogen-bond acceptors (Lipinski definition) is 4. The van der Waals surface area contributed by atoms with Crippen LogP contribution in [0.2, 0.25) is 0 Å². The number of nitrogens with one attached hydrogen (secondary N) is 1. The maximum Gasteiger partial charge on any atom is 0.220 e. The van der Waals surface area contributed by atoms with Gasteiger partial charge in [0, 0.05) is 25.1 Å². The zero-order chi connectivity index (χ0) is 16.9. The summed E-state index contributed by atoms with van der Waals surface area (Å²) in [6.07, 6.45) is 5.65. The van der Waals surface area contributed by atoms with Gasteiger partial charge in [0.05, 0.1) is 10.9 Å². The maximum atomic E-state index is 12.0. The first-order chi connectivity index (χ1) is 10.9. The Morgan fingerprint density at radius 1 is 1.22 bits per heavy atom. The molecule has 0 aliphatic rings. The van der Waals surface area contributed by atoms with E-state index in [9.17, 15) is 13.2 Å². The minimum absolute atomic E-state index is 0.0476. The lowest BCUT2D eigenvalue weighted by atomic mass is 10.1. The van der Waals surface area contributed by atoms with Crippen molar-refractivity contribution in [2.75, 3.05) is 6.26 Å². The fourth-order valence-electron chi connectivity index (χ4n) is 2.20. The lowest BCUT2D eigenvalue weighted by Crippen LogP contribution is -2.26. The highest BCUT2D eigenvalue weighted by atomic mass is 32.2.